The van der Waals surface area contributed by atoms with Crippen molar-refractivity contribution in [2.45, 2.75) is 44.7 Å². The third kappa shape index (κ3) is 2.67. The highest BCUT2D eigenvalue weighted by atomic mass is 16.5. The Labute approximate surface area is 155 Å². The number of nitriles is 1. The highest BCUT2D eigenvalue weighted by Crippen LogP contribution is 2.39. The summed E-state index contributed by atoms with van der Waals surface area (Å²) in [5, 5.41) is 13.0. The maximum atomic E-state index is 13.0. The number of anilines is 1. The van der Waals surface area contributed by atoms with Crippen molar-refractivity contribution in [3.05, 3.63) is 39.9 Å². The number of nitrogens with one attached hydrogen (secondary N) is 2. The van der Waals surface area contributed by atoms with Gasteiger partial charge in [0.15, 0.2) is 0 Å². The molecule has 0 saturated heterocycles. The summed E-state index contributed by atoms with van der Waals surface area (Å²) in [5.74, 6) is -0.00134. The van der Waals surface area contributed by atoms with Crippen LogP contribution in [-0.4, -0.2) is 22.9 Å². The standard InChI is InChI=1S/C19H20N4O4/c1-2-26-18(25)15-14(13-7-6-10-27-13)12(11-20)17(24)23-16(15)21-19(22-23)8-4-3-5-9-19/h6-7,10,21-22H,2-5,8-9H2,1H3. The molecule has 8 heteroatoms. The van der Waals surface area contributed by atoms with Gasteiger partial charge in [-0.05, 0) is 44.7 Å². The Bertz CT molecular complexity index is 979. The van der Waals surface area contributed by atoms with Crippen molar-refractivity contribution in [3.8, 4) is 17.4 Å². The number of pyridine rings is 1. The summed E-state index contributed by atoms with van der Waals surface area (Å²) >= 11 is 0. The number of rotatable bonds is 3. The summed E-state index contributed by atoms with van der Waals surface area (Å²) in [6.45, 7) is 1.88. The molecule has 0 unspecified atom stereocenters. The molecule has 1 fully saturated rings. The molecule has 27 heavy (non-hydrogen) atoms. The normalized spacial score (nSPS) is 16.9. The quantitative estimate of drug-likeness (QED) is 0.802. The first-order chi connectivity index (χ1) is 13.1. The first-order valence-corrected chi connectivity index (χ1v) is 9.10. The maximum Gasteiger partial charge on any atom is 0.342 e. The smallest absolute Gasteiger partial charge is 0.342 e. The average Bonchev–Trinajstić information content (AvgIpc) is 3.31. The molecular formula is C19H20N4O4. The molecule has 0 bridgehead atoms. The van der Waals surface area contributed by atoms with E-state index in [1.54, 1.807) is 19.1 Å². The fourth-order valence-corrected chi connectivity index (χ4v) is 3.93. The van der Waals surface area contributed by atoms with Crippen LogP contribution in [0.1, 0.15) is 54.9 Å². The lowest BCUT2D eigenvalue weighted by Gasteiger charge is -2.33. The zero-order valence-corrected chi connectivity index (χ0v) is 15.0. The largest absolute Gasteiger partial charge is 0.464 e. The Morgan fingerprint density at radius 1 is 1.41 bits per heavy atom. The Morgan fingerprint density at radius 2 is 2.19 bits per heavy atom. The summed E-state index contributed by atoms with van der Waals surface area (Å²) in [6, 6.07) is 5.20. The summed E-state index contributed by atoms with van der Waals surface area (Å²) in [4.78, 5) is 25.8. The molecule has 0 atom stereocenters. The molecular weight excluding hydrogens is 348 g/mol. The highest BCUT2D eigenvalue weighted by Gasteiger charge is 2.42. The van der Waals surface area contributed by atoms with E-state index in [0.717, 1.165) is 32.1 Å². The summed E-state index contributed by atoms with van der Waals surface area (Å²) in [5.41, 5.74) is 2.34. The number of furan rings is 1. The van der Waals surface area contributed by atoms with Crippen molar-refractivity contribution >= 4 is 11.8 Å². The van der Waals surface area contributed by atoms with Crippen LogP contribution in [0.5, 0.6) is 0 Å². The molecule has 2 aromatic rings. The zero-order chi connectivity index (χ0) is 19.0. The molecule has 140 valence electrons. The van der Waals surface area contributed by atoms with Crippen molar-refractivity contribution in [1.82, 2.24) is 4.68 Å². The average molecular weight is 368 g/mol. The molecule has 0 aromatic carbocycles. The monoisotopic (exact) mass is 368 g/mol. The van der Waals surface area contributed by atoms with E-state index in [1.165, 1.54) is 10.9 Å². The van der Waals surface area contributed by atoms with E-state index in [-0.39, 0.29) is 29.1 Å². The van der Waals surface area contributed by atoms with Gasteiger partial charge in [-0.15, -0.1) is 0 Å². The number of fused-ring (bicyclic) bond motifs is 1. The fourth-order valence-electron chi connectivity index (χ4n) is 3.93. The van der Waals surface area contributed by atoms with E-state index in [0.29, 0.717) is 5.82 Å². The highest BCUT2D eigenvalue weighted by molar-refractivity contribution is 6.03. The number of ether oxygens (including phenoxy) is 1. The van der Waals surface area contributed by atoms with Gasteiger partial charge in [0.2, 0.25) is 0 Å². The van der Waals surface area contributed by atoms with Gasteiger partial charge in [-0.1, -0.05) is 6.42 Å². The molecule has 3 heterocycles. The van der Waals surface area contributed by atoms with Crippen LogP contribution in [0.3, 0.4) is 0 Å². The van der Waals surface area contributed by atoms with E-state index in [4.69, 9.17) is 9.15 Å². The first kappa shape index (κ1) is 17.2. The molecule has 4 rings (SSSR count). The molecule has 8 nitrogen and oxygen atoms in total. The summed E-state index contributed by atoms with van der Waals surface area (Å²) < 4.78 is 11.9. The predicted octanol–water partition coefficient (Wildman–Crippen LogP) is 2.79. The van der Waals surface area contributed by atoms with Gasteiger partial charge in [0.25, 0.3) is 5.56 Å². The SMILES string of the molecule is CCOC(=O)c1c(-c2ccco2)c(C#N)c(=O)n2c1NC1(CCCCC1)N2. The third-order valence-electron chi connectivity index (χ3n) is 5.13. The number of carbonyl (C=O) groups is 1. The van der Waals surface area contributed by atoms with Crippen LogP contribution in [0, 0.1) is 11.3 Å². The number of carbonyl (C=O) groups excluding carboxylic acids is 1. The number of hydrogen-bond acceptors (Lipinski definition) is 7. The lowest BCUT2D eigenvalue weighted by atomic mass is 9.89. The van der Waals surface area contributed by atoms with Gasteiger partial charge in [-0.2, -0.15) is 5.26 Å². The Hall–Kier alpha value is -3.21. The number of esters is 1. The van der Waals surface area contributed by atoms with Crippen LogP contribution < -0.4 is 16.3 Å². The Balaban J connectivity index is 1.98. The number of hydrogen-bond donors (Lipinski definition) is 2. The molecule has 0 radical (unpaired) electrons. The van der Waals surface area contributed by atoms with Crippen LogP contribution in [0.4, 0.5) is 5.82 Å². The lowest BCUT2D eigenvalue weighted by Crippen LogP contribution is -2.46. The van der Waals surface area contributed by atoms with Crippen molar-refractivity contribution in [1.29, 1.82) is 5.26 Å². The van der Waals surface area contributed by atoms with Gasteiger partial charge < -0.3 is 14.5 Å². The van der Waals surface area contributed by atoms with E-state index in [2.05, 4.69) is 10.7 Å². The van der Waals surface area contributed by atoms with E-state index < -0.39 is 17.2 Å². The molecule has 2 aromatic heterocycles. The van der Waals surface area contributed by atoms with Crippen molar-refractivity contribution in [2.75, 3.05) is 17.3 Å². The molecule has 1 aliphatic heterocycles. The Kier molecular flexibility index (Phi) is 4.15. The number of nitrogens with zero attached hydrogens (tertiary/aromatic N) is 2. The first-order valence-electron chi connectivity index (χ1n) is 9.10. The van der Waals surface area contributed by atoms with Crippen LogP contribution in [0.15, 0.2) is 27.6 Å². The molecule has 0 amide bonds. The van der Waals surface area contributed by atoms with Gasteiger partial charge in [0, 0.05) is 0 Å². The van der Waals surface area contributed by atoms with E-state index in [9.17, 15) is 14.9 Å². The minimum absolute atomic E-state index is 0.137. The minimum Gasteiger partial charge on any atom is -0.464 e. The summed E-state index contributed by atoms with van der Waals surface area (Å²) in [6.07, 6.45) is 6.21. The van der Waals surface area contributed by atoms with Gasteiger partial charge in [0.05, 0.1) is 18.4 Å². The van der Waals surface area contributed by atoms with Crippen LogP contribution >= 0.6 is 0 Å². The summed E-state index contributed by atoms with van der Waals surface area (Å²) in [7, 11) is 0. The molecule has 1 saturated carbocycles. The second-order valence-electron chi connectivity index (χ2n) is 6.80. The third-order valence-corrected chi connectivity index (χ3v) is 5.13. The van der Waals surface area contributed by atoms with Crippen LogP contribution in [0.2, 0.25) is 0 Å². The second-order valence-corrected chi connectivity index (χ2v) is 6.80. The molecule has 2 aliphatic rings. The van der Waals surface area contributed by atoms with E-state index >= 15 is 0 Å². The zero-order valence-electron chi connectivity index (χ0n) is 15.0. The topological polar surface area (TPSA) is 109 Å². The van der Waals surface area contributed by atoms with Gasteiger partial charge in [-0.25, -0.2) is 9.47 Å². The predicted molar refractivity (Wildman–Crippen MR) is 97.9 cm³/mol. The fraction of sp³-hybridized carbons (Fsp3) is 0.421. The Morgan fingerprint density at radius 3 is 2.81 bits per heavy atom. The van der Waals surface area contributed by atoms with Crippen LogP contribution in [-0.2, 0) is 4.74 Å². The van der Waals surface area contributed by atoms with E-state index in [1.807, 2.05) is 6.07 Å². The van der Waals surface area contributed by atoms with Gasteiger partial charge >= 0.3 is 5.97 Å². The van der Waals surface area contributed by atoms with Crippen molar-refractivity contribution < 1.29 is 13.9 Å². The second kappa shape index (κ2) is 6.50. The maximum absolute atomic E-state index is 13.0. The van der Waals surface area contributed by atoms with Crippen molar-refractivity contribution in [3.63, 3.8) is 0 Å². The van der Waals surface area contributed by atoms with Gasteiger partial charge in [-0.3, -0.25) is 10.2 Å². The molecule has 2 N–H and O–H groups in total. The van der Waals surface area contributed by atoms with Crippen molar-refractivity contribution in [2.24, 2.45) is 0 Å². The molecule has 1 spiro atoms. The van der Waals surface area contributed by atoms with Crippen LogP contribution in [0.25, 0.3) is 11.3 Å². The number of aromatic nitrogens is 1. The van der Waals surface area contributed by atoms with Gasteiger partial charge in [0.1, 0.15) is 34.4 Å². The molecule has 1 aliphatic carbocycles. The lowest BCUT2D eigenvalue weighted by molar-refractivity contribution is 0.0527. The minimum atomic E-state index is -0.605.